The highest BCUT2D eigenvalue weighted by atomic mass is 19.3. The van der Waals surface area contributed by atoms with Gasteiger partial charge in [0.05, 0.1) is 12.9 Å². The smallest absolute Gasteiger partial charge is 0.319 e. The van der Waals surface area contributed by atoms with E-state index < -0.39 is 6.55 Å². The van der Waals surface area contributed by atoms with Gasteiger partial charge in [-0.3, -0.25) is 9.47 Å². The Labute approximate surface area is 136 Å². The zero-order valence-corrected chi connectivity index (χ0v) is 12.8. The molecule has 4 rings (SSSR count). The number of halogens is 2. The third kappa shape index (κ3) is 2.68. The number of aromatic nitrogens is 6. The topological polar surface area (TPSA) is 78.8 Å². The molecule has 1 saturated heterocycles. The molecule has 0 bridgehead atoms. The van der Waals surface area contributed by atoms with E-state index in [0.717, 1.165) is 42.1 Å². The number of imidazole rings is 2. The SMILES string of the molecule is FC(F)n1ccnc1CN1CCN(c2ncnc3nc[nH]c23)CC1. The third-order valence-corrected chi connectivity index (χ3v) is 4.20. The first kappa shape index (κ1) is 14.9. The van der Waals surface area contributed by atoms with Crippen LogP contribution in [-0.2, 0) is 6.54 Å². The Morgan fingerprint density at radius 3 is 2.71 bits per heavy atom. The molecule has 0 atom stereocenters. The van der Waals surface area contributed by atoms with Gasteiger partial charge in [-0.2, -0.15) is 8.78 Å². The van der Waals surface area contributed by atoms with Crippen molar-refractivity contribution in [3.05, 3.63) is 30.9 Å². The molecule has 24 heavy (non-hydrogen) atoms. The average Bonchev–Trinajstić information content (AvgIpc) is 3.24. The lowest BCUT2D eigenvalue weighted by Crippen LogP contribution is -2.46. The molecule has 0 spiro atoms. The standard InChI is InChI=1S/C14H16F2N8/c15-14(16)24-2-1-17-10(24)7-22-3-5-23(6-4-22)13-11-12(19-8-18-11)20-9-21-13/h1-2,8-9,14H,3-7H2,(H,18,19,20,21). The second-order valence-electron chi connectivity index (χ2n) is 5.59. The lowest BCUT2D eigenvalue weighted by Gasteiger charge is -2.35. The normalized spacial score (nSPS) is 16.4. The molecule has 3 aromatic heterocycles. The molecule has 10 heteroatoms. The molecule has 1 fully saturated rings. The van der Waals surface area contributed by atoms with Crippen LogP contribution in [0.5, 0.6) is 0 Å². The fourth-order valence-electron chi connectivity index (χ4n) is 2.95. The summed E-state index contributed by atoms with van der Waals surface area (Å²) in [6.07, 6.45) is 5.83. The van der Waals surface area contributed by atoms with E-state index in [0.29, 0.717) is 18.0 Å². The Morgan fingerprint density at radius 1 is 1.08 bits per heavy atom. The second kappa shape index (κ2) is 6.11. The van der Waals surface area contributed by atoms with Gasteiger partial charge < -0.3 is 9.88 Å². The quantitative estimate of drug-likeness (QED) is 0.774. The van der Waals surface area contributed by atoms with Crippen molar-refractivity contribution in [1.29, 1.82) is 0 Å². The van der Waals surface area contributed by atoms with Crippen molar-refractivity contribution < 1.29 is 8.78 Å². The summed E-state index contributed by atoms with van der Waals surface area (Å²) in [6, 6.07) is 0. The van der Waals surface area contributed by atoms with Gasteiger partial charge in [0.15, 0.2) is 11.5 Å². The number of H-pyrrole nitrogens is 1. The van der Waals surface area contributed by atoms with E-state index in [1.54, 1.807) is 6.33 Å². The number of hydrogen-bond donors (Lipinski definition) is 1. The Bertz CT molecular complexity index is 821. The van der Waals surface area contributed by atoms with Crippen LogP contribution in [0.3, 0.4) is 0 Å². The van der Waals surface area contributed by atoms with E-state index in [1.165, 1.54) is 18.7 Å². The van der Waals surface area contributed by atoms with E-state index in [1.807, 2.05) is 0 Å². The van der Waals surface area contributed by atoms with Crippen molar-refractivity contribution >= 4 is 17.0 Å². The summed E-state index contributed by atoms with van der Waals surface area (Å²) in [6.45, 7) is 0.847. The third-order valence-electron chi connectivity index (χ3n) is 4.20. The lowest BCUT2D eigenvalue weighted by molar-refractivity contribution is 0.0637. The minimum Gasteiger partial charge on any atom is -0.352 e. The number of rotatable bonds is 4. The molecule has 3 aromatic rings. The maximum absolute atomic E-state index is 12.9. The predicted octanol–water partition coefficient (Wildman–Crippen LogP) is 1.27. The number of aromatic amines is 1. The van der Waals surface area contributed by atoms with E-state index in [4.69, 9.17) is 0 Å². The molecular weight excluding hydrogens is 318 g/mol. The van der Waals surface area contributed by atoms with Gasteiger partial charge in [0.25, 0.3) is 0 Å². The van der Waals surface area contributed by atoms with Gasteiger partial charge >= 0.3 is 6.55 Å². The molecule has 0 aliphatic carbocycles. The molecule has 4 heterocycles. The summed E-state index contributed by atoms with van der Waals surface area (Å²) >= 11 is 0. The first-order chi connectivity index (χ1) is 11.7. The molecule has 1 aliphatic rings. The Kier molecular flexibility index (Phi) is 3.81. The van der Waals surface area contributed by atoms with Crippen LogP contribution >= 0.6 is 0 Å². The number of fused-ring (bicyclic) bond motifs is 1. The van der Waals surface area contributed by atoms with Crippen LogP contribution in [0.1, 0.15) is 12.4 Å². The summed E-state index contributed by atoms with van der Waals surface area (Å²) in [4.78, 5) is 24.0. The minimum atomic E-state index is -2.56. The Morgan fingerprint density at radius 2 is 1.92 bits per heavy atom. The maximum Gasteiger partial charge on any atom is 0.319 e. The number of alkyl halides is 2. The highest BCUT2D eigenvalue weighted by Crippen LogP contribution is 2.21. The second-order valence-corrected chi connectivity index (χ2v) is 5.59. The van der Waals surface area contributed by atoms with Gasteiger partial charge in [-0.05, 0) is 0 Å². The van der Waals surface area contributed by atoms with Crippen LogP contribution in [0, 0.1) is 0 Å². The van der Waals surface area contributed by atoms with Crippen molar-refractivity contribution in [2.75, 3.05) is 31.1 Å². The summed E-state index contributed by atoms with van der Waals surface area (Å²) in [5, 5.41) is 0. The van der Waals surface area contributed by atoms with Crippen molar-refractivity contribution in [2.45, 2.75) is 13.1 Å². The summed E-state index contributed by atoms with van der Waals surface area (Å²) < 4.78 is 26.7. The Hall–Kier alpha value is -2.62. The number of nitrogens with zero attached hydrogens (tertiary/aromatic N) is 7. The summed E-state index contributed by atoms with van der Waals surface area (Å²) in [5.74, 6) is 1.21. The van der Waals surface area contributed by atoms with Crippen LogP contribution in [0.25, 0.3) is 11.2 Å². The van der Waals surface area contributed by atoms with Crippen molar-refractivity contribution in [2.24, 2.45) is 0 Å². The van der Waals surface area contributed by atoms with E-state index in [-0.39, 0.29) is 0 Å². The molecule has 0 aromatic carbocycles. The van der Waals surface area contributed by atoms with Gasteiger partial charge in [-0.1, -0.05) is 0 Å². The zero-order valence-electron chi connectivity index (χ0n) is 12.8. The van der Waals surface area contributed by atoms with Gasteiger partial charge in [0, 0.05) is 38.6 Å². The van der Waals surface area contributed by atoms with Gasteiger partial charge in [0.1, 0.15) is 17.7 Å². The first-order valence-corrected chi connectivity index (χ1v) is 7.63. The Balaban J connectivity index is 1.43. The lowest BCUT2D eigenvalue weighted by atomic mass is 10.3. The first-order valence-electron chi connectivity index (χ1n) is 7.63. The number of hydrogen-bond acceptors (Lipinski definition) is 6. The highest BCUT2D eigenvalue weighted by molar-refractivity contribution is 5.82. The van der Waals surface area contributed by atoms with Gasteiger partial charge in [0.2, 0.25) is 0 Å². The molecule has 0 radical (unpaired) electrons. The fraction of sp³-hybridized carbons (Fsp3) is 0.429. The van der Waals surface area contributed by atoms with Gasteiger partial charge in [-0.25, -0.2) is 19.9 Å². The van der Waals surface area contributed by atoms with Crippen LogP contribution in [0.2, 0.25) is 0 Å². The average molecular weight is 334 g/mol. The molecule has 126 valence electrons. The predicted molar refractivity (Wildman–Crippen MR) is 82.7 cm³/mol. The maximum atomic E-state index is 12.9. The van der Waals surface area contributed by atoms with Crippen molar-refractivity contribution in [1.82, 2.24) is 34.4 Å². The largest absolute Gasteiger partial charge is 0.352 e. The monoisotopic (exact) mass is 334 g/mol. The molecule has 1 aliphatic heterocycles. The molecule has 0 unspecified atom stereocenters. The van der Waals surface area contributed by atoms with E-state index >= 15 is 0 Å². The van der Waals surface area contributed by atoms with Crippen molar-refractivity contribution in [3.8, 4) is 0 Å². The van der Waals surface area contributed by atoms with Crippen LogP contribution in [0.4, 0.5) is 14.6 Å². The summed E-state index contributed by atoms with van der Waals surface area (Å²) in [5.41, 5.74) is 1.46. The van der Waals surface area contributed by atoms with Gasteiger partial charge in [-0.15, -0.1) is 0 Å². The van der Waals surface area contributed by atoms with Crippen molar-refractivity contribution in [3.63, 3.8) is 0 Å². The zero-order chi connectivity index (χ0) is 16.5. The molecule has 0 saturated carbocycles. The van der Waals surface area contributed by atoms with Crippen LogP contribution in [-0.4, -0.2) is 60.6 Å². The van der Waals surface area contributed by atoms with E-state index in [2.05, 4.69) is 34.7 Å². The highest BCUT2D eigenvalue weighted by Gasteiger charge is 2.22. The van der Waals surface area contributed by atoms with E-state index in [9.17, 15) is 8.78 Å². The molecular formula is C14H16F2N8. The molecule has 1 N–H and O–H groups in total. The number of piperazine rings is 1. The number of nitrogens with one attached hydrogen (secondary N) is 1. The number of anilines is 1. The fourth-order valence-corrected chi connectivity index (χ4v) is 2.95. The summed E-state index contributed by atoms with van der Waals surface area (Å²) in [7, 11) is 0. The van der Waals surface area contributed by atoms with Crippen LogP contribution in [0.15, 0.2) is 25.0 Å². The molecule has 0 amide bonds. The minimum absolute atomic E-state index is 0.386. The van der Waals surface area contributed by atoms with Crippen LogP contribution < -0.4 is 4.90 Å². The molecule has 8 nitrogen and oxygen atoms in total.